The SMILES string of the molecule is CCn1cc(C(F)(F)F)nc1-c1c(F)cc(Cc2cncc3nc(-c4c(OC)ncnc4C4CC4)nn23)cc1F. The Bertz CT molecular complexity index is 1720. The monoisotopic (exact) mass is 556 g/mol. The van der Waals surface area contributed by atoms with Gasteiger partial charge >= 0.3 is 6.18 Å². The number of alkyl halides is 3. The Balaban J connectivity index is 1.38. The molecule has 5 aromatic rings. The molecule has 0 radical (unpaired) electrons. The second-order valence-corrected chi connectivity index (χ2v) is 9.37. The standard InChI is InChI=1S/C26H21F5N8O/c1-3-38-11-18(26(29,30)31)35-24(38)20-16(27)7-13(8-17(20)28)6-15-9-32-10-19-36-23(37-39(15)19)21-22(14-4-5-14)33-12-34-25(21)40-2/h7-12,14H,3-6H2,1-2H3. The van der Waals surface area contributed by atoms with Crippen LogP contribution in [0.4, 0.5) is 22.0 Å². The number of methoxy groups -OCH3 is 1. The first-order valence-corrected chi connectivity index (χ1v) is 12.4. The van der Waals surface area contributed by atoms with Gasteiger partial charge in [0.25, 0.3) is 0 Å². The van der Waals surface area contributed by atoms with Gasteiger partial charge in [0.2, 0.25) is 5.88 Å². The van der Waals surface area contributed by atoms with E-state index in [1.807, 2.05) is 0 Å². The molecule has 0 spiro atoms. The molecule has 0 amide bonds. The van der Waals surface area contributed by atoms with Crippen molar-refractivity contribution in [3.05, 3.63) is 71.3 Å². The fraction of sp³-hybridized carbons (Fsp3) is 0.308. The molecule has 1 fully saturated rings. The molecule has 14 heteroatoms. The third kappa shape index (κ3) is 4.52. The zero-order valence-electron chi connectivity index (χ0n) is 21.2. The lowest BCUT2D eigenvalue weighted by molar-refractivity contribution is -0.140. The van der Waals surface area contributed by atoms with E-state index in [9.17, 15) is 13.2 Å². The zero-order chi connectivity index (χ0) is 28.2. The van der Waals surface area contributed by atoms with Crippen molar-refractivity contribution >= 4 is 5.65 Å². The Kier molecular flexibility index (Phi) is 6.19. The van der Waals surface area contributed by atoms with Crippen molar-refractivity contribution in [1.29, 1.82) is 0 Å². The Labute approximate surface area is 223 Å². The maximum atomic E-state index is 15.2. The second-order valence-electron chi connectivity index (χ2n) is 9.37. The van der Waals surface area contributed by atoms with E-state index in [2.05, 4.69) is 30.0 Å². The van der Waals surface area contributed by atoms with Crippen molar-refractivity contribution in [3.63, 3.8) is 0 Å². The lowest BCUT2D eigenvalue weighted by Crippen LogP contribution is -2.05. The van der Waals surface area contributed by atoms with Gasteiger partial charge in [-0.15, -0.1) is 5.10 Å². The van der Waals surface area contributed by atoms with Crippen LogP contribution in [-0.4, -0.2) is 46.2 Å². The number of hydrogen-bond acceptors (Lipinski definition) is 7. The summed E-state index contributed by atoms with van der Waals surface area (Å²) in [6.07, 6.45) is 2.39. The van der Waals surface area contributed by atoms with Gasteiger partial charge in [-0.1, -0.05) is 0 Å². The smallest absolute Gasteiger partial charge is 0.434 e. The first-order valence-electron chi connectivity index (χ1n) is 12.4. The minimum atomic E-state index is -4.75. The quantitative estimate of drug-likeness (QED) is 0.253. The first kappa shape index (κ1) is 25.8. The number of hydrogen-bond donors (Lipinski definition) is 0. The van der Waals surface area contributed by atoms with E-state index < -0.39 is 34.9 Å². The predicted molar refractivity (Wildman–Crippen MR) is 131 cm³/mol. The van der Waals surface area contributed by atoms with Crippen LogP contribution in [0.25, 0.3) is 28.4 Å². The van der Waals surface area contributed by atoms with Gasteiger partial charge in [0.15, 0.2) is 17.2 Å². The molecule has 40 heavy (non-hydrogen) atoms. The maximum Gasteiger partial charge on any atom is 0.434 e. The molecule has 1 aromatic carbocycles. The first-order chi connectivity index (χ1) is 19.2. The number of ether oxygens (including phenoxy) is 1. The molecule has 9 nitrogen and oxygen atoms in total. The number of nitrogens with zero attached hydrogens (tertiary/aromatic N) is 8. The molecule has 0 unspecified atom stereocenters. The molecule has 1 saturated carbocycles. The summed E-state index contributed by atoms with van der Waals surface area (Å²) in [6, 6.07) is 2.13. The molecule has 0 bridgehead atoms. The molecule has 206 valence electrons. The zero-order valence-corrected chi connectivity index (χ0v) is 21.2. The number of aromatic nitrogens is 8. The molecule has 0 saturated heterocycles. The summed E-state index contributed by atoms with van der Waals surface area (Å²) in [4.78, 5) is 20.9. The van der Waals surface area contributed by atoms with Crippen LogP contribution in [0.15, 0.2) is 37.1 Å². The van der Waals surface area contributed by atoms with Crippen LogP contribution in [0, 0.1) is 11.6 Å². The van der Waals surface area contributed by atoms with Gasteiger partial charge in [0, 0.05) is 31.3 Å². The minimum Gasteiger partial charge on any atom is -0.480 e. The largest absolute Gasteiger partial charge is 0.480 e. The fourth-order valence-corrected chi connectivity index (χ4v) is 4.65. The van der Waals surface area contributed by atoms with Gasteiger partial charge in [-0.05, 0) is 37.5 Å². The Morgan fingerprint density at radius 1 is 1.02 bits per heavy atom. The van der Waals surface area contributed by atoms with Crippen molar-refractivity contribution < 1.29 is 26.7 Å². The Morgan fingerprint density at radius 3 is 2.42 bits per heavy atom. The van der Waals surface area contributed by atoms with E-state index in [1.54, 1.807) is 6.92 Å². The van der Waals surface area contributed by atoms with Crippen molar-refractivity contribution in [2.45, 2.75) is 44.8 Å². The lowest BCUT2D eigenvalue weighted by atomic mass is 10.1. The van der Waals surface area contributed by atoms with Crippen LogP contribution in [0.5, 0.6) is 5.88 Å². The molecule has 0 N–H and O–H groups in total. The molecule has 0 aliphatic heterocycles. The highest BCUT2D eigenvalue weighted by atomic mass is 19.4. The van der Waals surface area contributed by atoms with E-state index in [4.69, 9.17) is 4.74 Å². The van der Waals surface area contributed by atoms with Crippen LogP contribution in [0.2, 0.25) is 0 Å². The number of rotatable bonds is 7. The molecule has 6 rings (SSSR count). The summed E-state index contributed by atoms with van der Waals surface area (Å²) in [7, 11) is 1.49. The summed E-state index contributed by atoms with van der Waals surface area (Å²) < 4.78 is 78.0. The number of aryl methyl sites for hydroxylation is 1. The number of fused-ring (bicyclic) bond motifs is 1. The van der Waals surface area contributed by atoms with Crippen molar-refractivity contribution in [2.75, 3.05) is 7.11 Å². The van der Waals surface area contributed by atoms with E-state index >= 15 is 8.78 Å². The van der Waals surface area contributed by atoms with Crippen LogP contribution in [0.3, 0.4) is 0 Å². The fourth-order valence-electron chi connectivity index (χ4n) is 4.65. The van der Waals surface area contributed by atoms with Gasteiger partial charge in [0.1, 0.15) is 29.3 Å². The summed E-state index contributed by atoms with van der Waals surface area (Å²) >= 11 is 0. The highest BCUT2D eigenvalue weighted by Gasteiger charge is 2.36. The molecule has 0 atom stereocenters. The van der Waals surface area contributed by atoms with Gasteiger partial charge in [-0.2, -0.15) is 13.2 Å². The average molecular weight is 556 g/mol. The molecule has 1 aliphatic carbocycles. The van der Waals surface area contributed by atoms with Crippen LogP contribution >= 0.6 is 0 Å². The van der Waals surface area contributed by atoms with Crippen LogP contribution < -0.4 is 4.74 Å². The number of halogens is 5. The van der Waals surface area contributed by atoms with Gasteiger partial charge in [0.05, 0.1) is 30.3 Å². The van der Waals surface area contributed by atoms with E-state index in [0.717, 1.165) is 41.4 Å². The van der Waals surface area contributed by atoms with Crippen LogP contribution in [0.1, 0.15) is 48.3 Å². The van der Waals surface area contributed by atoms with E-state index in [-0.39, 0.29) is 24.4 Å². The van der Waals surface area contributed by atoms with Crippen LogP contribution in [-0.2, 0) is 19.1 Å². The number of imidazole rings is 1. The van der Waals surface area contributed by atoms with Gasteiger partial charge in [-0.25, -0.2) is 33.2 Å². The highest BCUT2D eigenvalue weighted by Crippen LogP contribution is 2.45. The molecule has 4 heterocycles. The van der Waals surface area contributed by atoms with Crippen molar-refractivity contribution in [3.8, 4) is 28.7 Å². The van der Waals surface area contributed by atoms with E-state index in [0.29, 0.717) is 28.6 Å². The molecular weight excluding hydrogens is 535 g/mol. The molecule has 1 aliphatic rings. The highest BCUT2D eigenvalue weighted by molar-refractivity contribution is 5.67. The molecular formula is C26H21F5N8O. The van der Waals surface area contributed by atoms with E-state index in [1.165, 1.54) is 30.3 Å². The van der Waals surface area contributed by atoms with Gasteiger partial charge < -0.3 is 9.30 Å². The van der Waals surface area contributed by atoms with Crippen molar-refractivity contribution in [1.82, 2.24) is 39.1 Å². The predicted octanol–water partition coefficient (Wildman–Crippen LogP) is 5.24. The van der Waals surface area contributed by atoms with Gasteiger partial charge in [-0.3, -0.25) is 4.98 Å². The third-order valence-corrected chi connectivity index (χ3v) is 6.66. The average Bonchev–Trinajstić information content (AvgIpc) is 3.51. The Morgan fingerprint density at radius 2 is 1.77 bits per heavy atom. The normalized spacial score (nSPS) is 13.8. The second kappa shape index (κ2) is 9.61. The molecule has 4 aromatic heterocycles. The van der Waals surface area contributed by atoms with Crippen molar-refractivity contribution in [2.24, 2.45) is 0 Å². The Hall–Kier alpha value is -4.49. The summed E-state index contributed by atoms with van der Waals surface area (Å²) in [5.74, 6) is -1.59. The summed E-state index contributed by atoms with van der Waals surface area (Å²) in [5.41, 5.74) is 0.587. The summed E-state index contributed by atoms with van der Waals surface area (Å²) in [5, 5.41) is 4.62. The third-order valence-electron chi connectivity index (χ3n) is 6.66. The topological polar surface area (TPSA) is 95.9 Å². The number of benzene rings is 1. The lowest BCUT2D eigenvalue weighted by Gasteiger charge is -2.10. The summed E-state index contributed by atoms with van der Waals surface area (Å²) in [6.45, 7) is 1.60. The minimum absolute atomic E-state index is 0.00911. The maximum absolute atomic E-state index is 15.2.